The summed E-state index contributed by atoms with van der Waals surface area (Å²) in [5, 5.41) is 2.88. The van der Waals surface area contributed by atoms with Crippen molar-refractivity contribution in [1.82, 2.24) is 14.3 Å². The summed E-state index contributed by atoms with van der Waals surface area (Å²) in [6, 6.07) is 13.5. The number of fused-ring (bicyclic) bond motifs is 3. The number of nitrogens with one attached hydrogen (secondary N) is 1. The lowest BCUT2D eigenvalue weighted by molar-refractivity contribution is -0.121. The van der Waals surface area contributed by atoms with Gasteiger partial charge >= 0.3 is 0 Å². The fourth-order valence-corrected chi connectivity index (χ4v) is 4.13. The van der Waals surface area contributed by atoms with Crippen molar-refractivity contribution in [2.75, 3.05) is 7.11 Å². The van der Waals surface area contributed by atoms with Crippen LogP contribution in [0.2, 0.25) is 0 Å². The van der Waals surface area contributed by atoms with Crippen LogP contribution in [0.1, 0.15) is 18.4 Å². The number of halogens is 2. The number of nitrogens with zero attached hydrogens (tertiary/aromatic N) is 2. The van der Waals surface area contributed by atoms with Crippen LogP contribution in [0.15, 0.2) is 64.0 Å². The summed E-state index contributed by atoms with van der Waals surface area (Å²) in [6.07, 6.45) is 2.47. The Morgan fingerprint density at radius 2 is 1.97 bits per heavy atom. The number of aryl methyl sites for hydroxylation is 1. The monoisotopic (exact) mass is 485 g/mol. The molecule has 4 aromatic rings. The maximum absolute atomic E-state index is 13.9. The average molecular weight is 486 g/mol. The van der Waals surface area contributed by atoms with Gasteiger partial charge in [0.25, 0.3) is 5.56 Å². The van der Waals surface area contributed by atoms with Crippen LogP contribution in [-0.4, -0.2) is 22.0 Å². The summed E-state index contributed by atoms with van der Waals surface area (Å²) in [5.41, 5.74) is 2.43. The number of ether oxygens (including phenoxy) is 1. The summed E-state index contributed by atoms with van der Waals surface area (Å²) in [7, 11) is 1.58. The highest BCUT2D eigenvalue weighted by Crippen LogP contribution is 2.23. The van der Waals surface area contributed by atoms with E-state index in [1.807, 2.05) is 18.2 Å². The van der Waals surface area contributed by atoms with Gasteiger partial charge in [-0.15, -0.1) is 0 Å². The molecule has 8 heteroatoms. The Labute approximate surface area is 186 Å². The Balaban J connectivity index is 1.46. The highest BCUT2D eigenvalue weighted by atomic mass is 79.9. The van der Waals surface area contributed by atoms with Gasteiger partial charge in [0.05, 0.1) is 18.1 Å². The van der Waals surface area contributed by atoms with E-state index < -0.39 is 5.82 Å². The second kappa shape index (κ2) is 8.93. The number of aromatic nitrogens is 2. The van der Waals surface area contributed by atoms with Gasteiger partial charge in [-0.25, -0.2) is 4.39 Å². The maximum Gasteiger partial charge on any atom is 0.275 e. The van der Waals surface area contributed by atoms with E-state index in [1.165, 1.54) is 12.1 Å². The number of hydrogen-bond donors (Lipinski definition) is 1. The molecule has 0 aliphatic carbocycles. The first-order chi connectivity index (χ1) is 15.0. The van der Waals surface area contributed by atoms with Gasteiger partial charge in [0, 0.05) is 35.7 Å². The van der Waals surface area contributed by atoms with Crippen molar-refractivity contribution in [2.24, 2.45) is 0 Å². The Morgan fingerprint density at radius 1 is 1.13 bits per heavy atom. The third-order valence-electron chi connectivity index (χ3n) is 5.20. The molecule has 4 rings (SSSR count). The van der Waals surface area contributed by atoms with Crippen molar-refractivity contribution in [3.8, 4) is 5.75 Å². The minimum absolute atomic E-state index is 0.130. The Kier molecular flexibility index (Phi) is 6.08. The van der Waals surface area contributed by atoms with Crippen LogP contribution < -0.4 is 15.6 Å². The number of rotatable bonds is 7. The summed E-state index contributed by atoms with van der Waals surface area (Å²) in [5.74, 6) is 0.159. The second-order valence-electron chi connectivity index (χ2n) is 7.19. The second-order valence-corrected chi connectivity index (χ2v) is 8.11. The molecule has 0 saturated carbocycles. The van der Waals surface area contributed by atoms with E-state index in [4.69, 9.17) is 4.74 Å². The fourth-order valence-electron chi connectivity index (χ4n) is 3.72. The molecule has 1 amide bonds. The first-order valence-electron chi connectivity index (χ1n) is 9.86. The summed E-state index contributed by atoms with van der Waals surface area (Å²) >= 11 is 3.42. The molecule has 160 valence electrons. The van der Waals surface area contributed by atoms with Crippen molar-refractivity contribution < 1.29 is 13.9 Å². The van der Waals surface area contributed by atoms with Crippen molar-refractivity contribution in [3.05, 3.63) is 80.9 Å². The molecule has 2 aromatic heterocycles. The van der Waals surface area contributed by atoms with Gasteiger partial charge in [0.15, 0.2) is 0 Å². The summed E-state index contributed by atoms with van der Waals surface area (Å²) < 4.78 is 23.4. The molecule has 0 bridgehead atoms. The van der Waals surface area contributed by atoms with Crippen molar-refractivity contribution in [2.45, 2.75) is 25.9 Å². The molecule has 0 aliphatic heterocycles. The Hall–Kier alpha value is -3.13. The lowest BCUT2D eigenvalue weighted by atomic mass is 10.2. The van der Waals surface area contributed by atoms with Crippen LogP contribution in [0, 0.1) is 5.82 Å². The van der Waals surface area contributed by atoms with Gasteiger partial charge < -0.3 is 19.0 Å². The van der Waals surface area contributed by atoms with Crippen LogP contribution in [0.5, 0.6) is 5.75 Å². The number of methoxy groups -OCH3 is 1. The normalized spacial score (nSPS) is 11.2. The maximum atomic E-state index is 13.9. The van der Waals surface area contributed by atoms with Crippen molar-refractivity contribution in [1.29, 1.82) is 0 Å². The van der Waals surface area contributed by atoms with Crippen LogP contribution in [0.4, 0.5) is 4.39 Å². The third-order valence-corrected chi connectivity index (χ3v) is 5.70. The van der Waals surface area contributed by atoms with E-state index >= 15 is 0 Å². The van der Waals surface area contributed by atoms with Crippen LogP contribution in [-0.2, 0) is 17.9 Å². The van der Waals surface area contributed by atoms with E-state index in [0.717, 1.165) is 15.6 Å². The highest BCUT2D eigenvalue weighted by Gasteiger charge is 2.12. The molecule has 0 atom stereocenters. The number of carbonyl (C=O) groups is 1. The molecule has 6 nitrogen and oxygen atoms in total. The van der Waals surface area contributed by atoms with E-state index in [1.54, 1.807) is 40.5 Å². The molecule has 0 radical (unpaired) electrons. The zero-order chi connectivity index (χ0) is 22.0. The molecule has 0 spiro atoms. The summed E-state index contributed by atoms with van der Waals surface area (Å²) in [6.45, 7) is 0.653. The SMILES string of the molecule is COc1ccc(Br)cc1CNC(=O)CCCn1c(=O)c2cccn2c2ccc(F)cc21. The van der Waals surface area contributed by atoms with E-state index in [2.05, 4.69) is 21.2 Å². The predicted octanol–water partition coefficient (Wildman–Crippen LogP) is 4.26. The van der Waals surface area contributed by atoms with Crippen molar-refractivity contribution in [3.63, 3.8) is 0 Å². The number of amides is 1. The quantitative estimate of drug-likeness (QED) is 0.425. The smallest absolute Gasteiger partial charge is 0.275 e. The van der Waals surface area contributed by atoms with E-state index in [9.17, 15) is 14.0 Å². The molecule has 0 unspecified atom stereocenters. The molecular formula is C23H21BrFN3O3. The molecule has 2 heterocycles. The van der Waals surface area contributed by atoms with Gasteiger partial charge in [-0.1, -0.05) is 15.9 Å². The first kappa shape index (κ1) is 21.1. The van der Waals surface area contributed by atoms with Gasteiger partial charge in [-0.2, -0.15) is 0 Å². The molecule has 0 fully saturated rings. The van der Waals surface area contributed by atoms with Crippen LogP contribution >= 0.6 is 15.9 Å². The molecule has 31 heavy (non-hydrogen) atoms. The van der Waals surface area contributed by atoms with Crippen molar-refractivity contribution >= 4 is 38.4 Å². The number of benzene rings is 2. The Bertz CT molecular complexity index is 1330. The van der Waals surface area contributed by atoms with Gasteiger partial charge in [0.2, 0.25) is 5.91 Å². The molecule has 1 N–H and O–H groups in total. The lowest BCUT2D eigenvalue weighted by Crippen LogP contribution is -2.25. The predicted molar refractivity (Wildman–Crippen MR) is 121 cm³/mol. The van der Waals surface area contributed by atoms with Gasteiger partial charge in [-0.05, 0) is 55.0 Å². The minimum Gasteiger partial charge on any atom is -0.496 e. The van der Waals surface area contributed by atoms with Crippen LogP contribution in [0.25, 0.3) is 16.6 Å². The largest absolute Gasteiger partial charge is 0.496 e. The zero-order valence-electron chi connectivity index (χ0n) is 16.9. The zero-order valence-corrected chi connectivity index (χ0v) is 18.5. The Morgan fingerprint density at radius 3 is 2.77 bits per heavy atom. The standard InChI is InChI=1S/C23H21BrFN3O3/c1-31-21-9-6-16(24)12-15(21)14-26-22(29)5-3-11-28-20-13-17(25)7-8-18(20)27-10-2-4-19(27)23(28)30/h2,4,6-10,12-13H,3,5,11,14H2,1H3,(H,26,29). The average Bonchev–Trinajstić information content (AvgIpc) is 3.25. The molecule has 0 aliphatic rings. The van der Waals surface area contributed by atoms with Gasteiger partial charge in [0.1, 0.15) is 17.1 Å². The van der Waals surface area contributed by atoms with Crippen LogP contribution in [0.3, 0.4) is 0 Å². The fraction of sp³-hybridized carbons (Fsp3) is 0.217. The number of carbonyl (C=O) groups excluding carboxylic acids is 1. The topological polar surface area (TPSA) is 64.7 Å². The summed E-state index contributed by atoms with van der Waals surface area (Å²) in [4.78, 5) is 25.3. The molecular weight excluding hydrogens is 465 g/mol. The molecule has 0 saturated heterocycles. The minimum atomic E-state index is -0.409. The third kappa shape index (κ3) is 4.34. The van der Waals surface area contributed by atoms with E-state index in [-0.39, 0.29) is 17.9 Å². The number of hydrogen-bond acceptors (Lipinski definition) is 3. The molecule has 2 aromatic carbocycles. The first-order valence-corrected chi connectivity index (χ1v) is 10.7. The van der Waals surface area contributed by atoms with Gasteiger partial charge in [-0.3, -0.25) is 9.59 Å². The lowest BCUT2D eigenvalue weighted by Gasteiger charge is -2.13. The van der Waals surface area contributed by atoms with E-state index in [0.29, 0.717) is 36.3 Å². The highest BCUT2D eigenvalue weighted by molar-refractivity contribution is 9.10.